The molecule has 1 aromatic heterocycles. The lowest BCUT2D eigenvalue weighted by Gasteiger charge is -2.27. The molecule has 0 saturated carbocycles. The van der Waals surface area contributed by atoms with Gasteiger partial charge < -0.3 is 19.5 Å². The minimum atomic E-state index is -0.855. The lowest BCUT2D eigenvalue weighted by atomic mass is 9.93. The molecule has 0 bridgehead atoms. The fourth-order valence-corrected chi connectivity index (χ4v) is 6.11. The zero-order chi connectivity index (χ0) is 29.0. The number of benzene rings is 2. The number of esters is 1. The Labute approximate surface area is 242 Å². The maximum absolute atomic E-state index is 14.0. The molecule has 2 aromatic carbocycles. The van der Waals surface area contributed by atoms with E-state index in [2.05, 4.69) is 18.7 Å². The molecule has 8 nitrogen and oxygen atoms in total. The van der Waals surface area contributed by atoms with Crippen molar-refractivity contribution in [2.45, 2.75) is 46.6 Å². The van der Waals surface area contributed by atoms with Crippen LogP contribution in [-0.2, 0) is 9.53 Å². The van der Waals surface area contributed by atoms with E-state index in [1.54, 1.807) is 43.3 Å². The van der Waals surface area contributed by atoms with E-state index < -0.39 is 12.0 Å². The fraction of sp³-hybridized carbons (Fsp3) is 0.367. The predicted octanol–water partition coefficient (Wildman–Crippen LogP) is 4.79. The lowest BCUT2D eigenvalue weighted by molar-refractivity contribution is -0.139. The Morgan fingerprint density at radius 1 is 1.18 bits per heavy atom. The van der Waals surface area contributed by atoms with Gasteiger partial charge in [0, 0.05) is 41.0 Å². The third kappa shape index (κ3) is 5.67. The van der Waals surface area contributed by atoms with E-state index in [1.807, 2.05) is 13.0 Å². The van der Waals surface area contributed by atoms with Crippen LogP contribution < -0.4 is 24.5 Å². The first-order valence-electron chi connectivity index (χ1n) is 13.4. The summed E-state index contributed by atoms with van der Waals surface area (Å²) in [5, 5.41) is 11.3. The van der Waals surface area contributed by atoms with E-state index in [0.29, 0.717) is 43.4 Å². The zero-order valence-corrected chi connectivity index (χ0v) is 24.9. The second-order valence-corrected chi connectivity index (χ2v) is 10.7. The maximum Gasteiger partial charge on any atom is 0.338 e. The van der Waals surface area contributed by atoms with Crippen molar-refractivity contribution in [3.63, 3.8) is 0 Å². The van der Waals surface area contributed by atoms with Crippen molar-refractivity contribution in [2.75, 3.05) is 31.7 Å². The third-order valence-corrected chi connectivity index (χ3v) is 8.03. The molecular weight excluding hydrogens is 550 g/mol. The molecule has 0 radical (unpaired) electrons. The van der Waals surface area contributed by atoms with Crippen molar-refractivity contribution >= 4 is 40.7 Å². The van der Waals surface area contributed by atoms with Gasteiger partial charge in [-0.05, 0) is 63.6 Å². The monoisotopic (exact) mass is 583 g/mol. The van der Waals surface area contributed by atoms with Crippen LogP contribution in [0.4, 0.5) is 5.69 Å². The molecule has 3 aromatic rings. The molecule has 212 valence electrons. The molecule has 1 aliphatic heterocycles. The standard InChI is InChI=1S/C30H34ClN3O5S/c1-6-10-22-26(29(37)39-9-4)27(21-16-19(31)12-14-24(21)38-5)34-28(36)25(40-30(34)32-22)15-18-11-13-20(17-23(18)35)33(7-2)8-3/h11-17,27,35H,6-10H2,1-5H3/b25-15+/t27-/m0/s1. The number of carbonyl (C=O) groups is 1. The molecular formula is C30H34ClN3O5S. The highest BCUT2D eigenvalue weighted by atomic mass is 35.5. The molecule has 0 aliphatic carbocycles. The fourth-order valence-electron chi connectivity index (χ4n) is 4.91. The molecule has 2 heterocycles. The molecule has 1 atom stereocenters. The highest BCUT2D eigenvalue weighted by Crippen LogP contribution is 2.38. The van der Waals surface area contributed by atoms with Crippen molar-refractivity contribution < 1.29 is 19.4 Å². The average molecular weight is 584 g/mol. The summed E-state index contributed by atoms with van der Waals surface area (Å²) in [7, 11) is 1.53. The number of phenols is 1. The number of anilines is 1. The Morgan fingerprint density at radius 3 is 2.55 bits per heavy atom. The normalized spacial score (nSPS) is 15.1. The number of thiazole rings is 1. The van der Waals surface area contributed by atoms with Gasteiger partial charge in [-0.15, -0.1) is 0 Å². The smallest absolute Gasteiger partial charge is 0.338 e. The van der Waals surface area contributed by atoms with Crippen molar-refractivity contribution in [1.82, 2.24) is 4.57 Å². The minimum absolute atomic E-state index is 0.0715. The number of hydrogen-bond acceptors (Lipinski definition) is 8. The van der Waals surface area contributed by atoms with Crippen LogP contribution >= 0.6 is 22.9 Å². The summed E-state index contributed by atoms with van der Waals surface area (Å²) in [5.41, 5.74) is 2.47. The van der Waals surface area contributed by atoms with E-state index in [1.165, 1.54) is 23.0 Å². The van der Waals surface area contributed by atoms with Crippen LogP contribution in [0.15, 0.2) is 57.5 Å². The van der Waals surface area contributed by atoms with E-state index in [4.69, 9.17) is 26.1 Å². The molecule has 0 saturated heterocycles. The third-order valence-electron chi connectivity index (χ3n) is 6.81. The Bertz CT molecular complexity index is 1620. The van der Waals surface area contributed by atoms with Gasteiger partial charge >= 0.3 is 5.97 Å². The van der Waals surface area contributed by atoms with Crippen LogP contribution in [0.3, 0.4) is 0 Å². The zero-order valence-electron chi connectivity index (χ0n) is 23.4. The second kappa shape index (κ2) is 12.7. The molecule has 1 aliphatic rings. The van der Waals surface area contributed by atoms with Gasteiger partial charge in [0.1, 0.15) is 17.5 Å². The number of halogens is 1. The number of aromatic nitrogens is 1. The summed E-state index contributed by atoms with van der Waals surface area (Å²) >= 11 is 7.60. The van der Waals surface area contributed by atoms with Crippen molar-refractivity contribution in [2.24, 2.45) is 4.99 Å². The molecule has 0 amide bonds. The molecule has 0 spiro atoms. The number of ether oxygens (including phenoxy) is 2. The summed E-state index contributed by atoms with van der Waals surface area (Å²) in [6, 6.07) is 9.68. The number of fused-ring (bicyclic) bond motifs is 1. The first-order chi connectivity index (χ1) is 19.3. The summed E-state index contributed by atoms with van der Waals surface area (Å²) in [6.45, 7) is 9.64. The van der Waals surface area contributed by atoms with Crippen molar-refractivity contribution in [3.8, 4) is 11.5 Å². The molecule has 4 rings (SSSR count). The van der Waals surface area contributed by atoms with Gasteiger partial charge in [0.15, 0.2) is 4.80 Å². The Balaban J connectivity index is 1.98. The van der Waals surface area contributed by atoms with Crippen LogP contribution in [0, 0.1) is 0 Å². The van der Waals surface area contributed by atoms with Crippen LogP contribution in [0.5, 0.6) is 11.5 Å². The molecule has 1 N–H and O–H groups in total. The molecule has 10 heteroatoms. The minimum Gasteiger partial charge on any atom is -0.507 e. The topological polar surface area (TPSA) is 93.4 Å². The average Bonchev–Trinajstić information content (AvgIpc) is 3.24. The predicted molar refractivity (Wildman–Crippen MR) is 159 cm³/mol. The van der Waals surface area contributed by atoms with Gasteiger partial charge in [0.25, 0.3) is 5.56 Å². The first-order valence-corrected chi connectivity index (χ1v) is 14.6. The van der Waals surface area contributed by atoms with Crippen LogP contribution in [0.2, 0.25) is 5.02 Å². The number of phenolic OH excluding ortho intramolecular Hbond substituents is 1. The van der Waals surface area contributed by atoms with Gasteiger partial charge in [0.2, 0.25) is 0 Å². The van der Waals surface area contributed by atoms with E-state index >= 15 is 0 Å². The first kappa shape index (κ1) is 29.4. The number of nitrogens with zero attached hydrogens (tertiary/aromatic N) is 3. The molecule has 0 fully saturated rings. The second-order valence-electron chi connectivity index (χ2n) is 9.22. The number of rotatable bonds is 10. The highest BCUT2D eigenvalue weighted by molar-refractivity contribution is 7.07. The number of hydrogen-bond donors (Lipinski definition) is 1. The quantitative estimate of drug-likeness (QED) is 0.345. The van der Waals surface area contributed by atoms with Crippen molar-refractivity contribution in [3.05, 3.63) is 83.5 Å². The number of methoxy groups -OCH3 is 1. The van der Waals surface area contributed by atoms with Gasteiger partial charge in [-0.1, -0.05) is 36.3 Å². The summed E-state index contributed by atoms with van der Waals surface area (Å²) in [5.74, 6) is 0.0102. The highest BCUT2D eigenvalue weighted by Gasteiger charge is 2.36. The van der Waals surface area contributed by atoms with Crippen LogP contribution in [-0.4, -0.2) is 42.4 Å². The number of allylic oxidation sites excluding steroid dienone is 1. The Hall–Kier alpha value is -3.56. The van der Waals surface area contributed by atoms with Gasteiger partial charge in [-0.25, -0.2) is 9.79 Å². The largest absolute Gasteiger partial charge is 0.507 e. The van der Waals surface area contributed by atoms with Crippen LogP contribution in [0.1, 0.15) is 57.7 Å². The lowest BCUT2D eigenvalue weighted by Crippen LogP contribution is -2.40. The number of aromatic hydroxyl groups is 1. The molecule has 40 heavy (non-hydrogen) atoms. The van der Waals surface area contributed by atoms with E-state index in [-0.39, 0.29) is 23.5 Å². The summed E-state index contributed by atoms with van der Waals surface area (Å²) < 4.78 is 13.0. The maximum atomic E-state index is 14.0. The number of carbonyl (C=O) groups excluding carboxylic acids is 1. The van der Waals surface area contributed by atoms with Crippen LogP contribution in [0.25, 0.3) is 6.08 Å². The Morgan fingerprint density at radius 2 is 1.93 bits per heavy atom. The van der Waals surface area contributed by atoms with Gasteiger partial charge in [-0.2, -0.15) is 0 Å². The molecule has 0 unspecified atom stereocenters. The Kier molecular flexibility index (Phi) is 9.37. The van der Waals surface area contributed by atoms with E-state index in [0.717, 1.165) is 25.2 Å². The van der Waals surface area contributed by atoms with E-state index in [9.17, 15) is 14.7 Å². The van der Waals surface area contributed by atoms with Crippen molar-refractivity contribution in [1.29, 1.82) is 0 Å². The van der Waals surface area contributed by atoms with Gasteiger partial charge in [-0.3, -0.25) is 9.36 Å². The van der Waals surface area contributed by atoms with Gasteiger partial charge in [0.05, 0.1) is 29.5 Å². The summed E-state index contributed by atoms with van der Waals surface area (Å²) in [4.78, 5) is 34.7. The SMILES string of the molecule is CCCC1=C(C(=O)OCC)[C@H](c2cc(Cl)ccc2OC)n2c(s/c(=C/c3ccc(N(CC)CC)cc3O)c2=O)=N1. The summed E-state index contributed by atoms with van der Waals surface area (Å²) in [6.07, 6.45) is 2.92.